The van der Waals surface area contributed by atoms with E-state index in [0.717, 1.165) is 21.9 Å². The van der Waals surface area contributed by atoms with Gasteiger partial charge in [0.25, 0.3) is 15.9 Å². The Hall–Kier alpha value is -4.43. The van der Waals surface area contributed by atoms with Crippen LogP contribution < -0.4 is 14.9 Å². The maximum atomic E-state index is 13.6. The zero-order valence-electron chi connectivity index (χ0n) is 21.7. The number of carbonyl (C=O) groups excluding carboxylic acids is 2. The van der Waals surface area contributed by atoms with E-state index in [2.05, 4.69) is 10.6 Å². The summed E-state index contributed by atoms with van der Waals surface area (Å²) in [4.78, 5) is 26.2. The average Bonchev–Trinajstić information content (AvgIpc) is 2.97. The number of para-hydroxylation sites is 1. The minimum absolute atomic E-state index is 0.0792. The van der Waals surface area contributed by atoms with Crippen molar-refractivity contribution >= 4 is 33.2 Å². The lowest BCUT2D eigenvalue weighted by molar-refractivity contribution is -0.114. The standard InChI is InChI=1S/C31H31N3O4S/c1-2-24-17-19-26(20-18-24)34(39(37,38)27-13-7-4-8-14-27)23-30(35)33-29-16-10-9-15-28(29)31(36)32-22-21-25-11-5-3-6-12-25/h3-20H,2,21-23H2,1H3,(H,32,36)(H,33,35). The van der Waals surface area contributed by atoms with Gasteiger partial charge in [-0.2, -0.15) is 0 Å². The van der Waals surface area contributed by atoms with Crippen molar-refractivity contribution in [2.45, 2.75) is 24.7 Å². The summed E-state index contributed by atoms with van der Waals surface area (Å²) in [6.45, 7) is 1.98. The Morgan fingerprint density at radius 1 is 0.744 bits per heavy atom. The SMILES string of the molecule is CCc1ccc(N(CC(=O)Nc2ccccc2C(=O)NCCc2ccccc2)S(=O)(=O)c2ccccc2)cc1. The van der Waals surface area contributed by atoms with E-state index in [1.807, 2.05) is 49.4 Å². The summed E-state index contributed by atoms with van der Waals surface area (Å²) in [5.41, 5.74) is 3.12. The first-order valence-electron chi connectivity index (χ1n) is 12.8. The van der Waals surface area contributed by atoms with Gasteiger partial charge < -0.3 is 10.6 Å². The summed E-state index contributed by atoms with van der Waals surface area (Å²) in [5, 5.41) is 5.63. The number of carbonyl (C=O) groups is 2. The molecule has 0 fully saturated rings. The summed E-state index contributed by atoms with van der Waals surface area (Å²) < 4.78 is 28.2. The fourth-order valence-corrected chi connectivity index (χ4v) is 5.55. The predicted molar refractivity (Wildman–Crippen MR) is 154 cm³/mol. The number of hydrogen-bond acceptors (Lipinski definition) is 4. The molecule has 0 saturated heterocycles. The highest BCUT2D eigenvalue weighted by molar-refractivity contribution is 7.92. The Kier molecular flexibility index (Phi) is 9.12. The van der Waals surface area contributed by atoms with E-state index < -0.39 is 22.5 Å². The molecule has 39 heavy (non-hydrogen) atoms. The Bertz CT molecular complexity index is 1510. The van der Waals surface area contributed by atoms with E-state index in [-0.39, 0.29) is 10.8 Å². The first-order chi connectivity index (χ1) is 18.9. The van der Waals surface area contributed by atoms with Crippen LogP contribution in [0.15, 0.2) is 114 Å². The second-order valence-corrected chi connectivity index (χ2v) is 10.8. The maximum absolute atomic E-state index is 13.6. The number of nitrogens with zero attached hydrogens (tertiary/aromatic N) is 1. The number of amides is 2. The van der Waals surface area contributed by atoms with Gasteiger partial charge in [-0.05, 0) is 60.4 Å². The molecule has 0 aliphatic rings. The number of sulfonamides is 1. The Balaban J connectivity index is 1.52. The normalized spacial score (nSPS) is 11.0. The van der Waals surface area contributed by atoms with Gasteiger partial charge in [-0.1, -0.05) is 79.7 Å². The second-order valence-electron chi connectivity index (χ2n) is 8.93. The van der Waals surface area contributed by atoms with Crippen LogP contribution in [0.5, 0.6) is 0 Å². The third kappa shape index (κ3) is 7.12. The van der Waals surface area contributed by atoms with E-state index in [9.17, 15) is 18.0 Å². The molecule has 0 aliphatic heterocycles. The predicted octanol–water partition coefficient (Wildman–Crippen LogP) is 5.06. The summed E-state index contributed by atoms with van der Waals surface area (Å²) in [5.74, 6) is -0.899. The lowest BCUT2D eigenvalue weighted by atomic mass is 10.1. The van der Waals surface area contributed by atoms with E-state index in [0.29, 0.717) is 29.9 Å². The molecule has 2 amide bonds. The lowest BCUT2D eigenvalue weighted by Gasteiger charge is -2.24. The van der Waals surface area contributed by atoms with Crippen molar-refractivity contribution < 1.29 is 18.0 Å². The Labute approximate surface area is 229 Å². The molecule has 0 atom stereocenters. The van der Waals surface area contributed by atoms with Crippen LogP contribution in [0.3, 0.4) is 0 Å². The van der Waals surface area contributed by atoms with E-state index in [4.69, 9.17) is 0 Å². The van der Waals surface area contributed by atoms with Crippen molar-refractivity contribution in [2.75, 3.05) is 22.7 Å². The lowest BCUT2D eigenvalue weighted by Crippen LogP contribution is -2.38. The molecule has 4 aromatic rings. The van der Waals surface area contributed by atoms with Crippen molar-refractivity contribution in [3.63, 3.8) is 0 Å². The van der Waals surface area contributed by atoms with Crippen molar-refractivity contribution in [2.24, 2.45) is 0 Å². The zero-order chi connectivity index (χ0) is 27.7. The highest BCUT2D eigenvalue weighted by Crippen LogP contribution is 2.25. The number of aryl methyl sites for hydroxylation is 1. The monoisotopic (exact) mass is 541 g/mol. The van der Waals surface area contributed by atoms with Gasteiger partial charge in [0.1, 0.15) is 6.54 Å². The molecule has 8 heteroatoms. The van der Waals surface area contributed by atoms with Gasteiger partial charge in [-0.3, -0.25) is 13.9 Å². The van der Waals surface area contributed by atoms with Crippen molar-refractivity contribution in [3.05, 3.63) is 126 Å². The van der Waals surface area contributed by atoms with E-state index >= 15 is 0 Å². The molecule has 0 aliphatic carbocycles. The molecule has 4 rings (SSSR count). The van der Waals surface area contributed by atoms with E-state index in [1.54, 1.807) is 54.6 Å². The van der Waals surface area contributed by atoms with Crippen molar-refractivity contribution in [1.29, 1.82) is 0 Å². The van der Waals surface area contributed by atoms with Crippen LogP contribution >= 0.6 is 0 Å². The van der Waals surface area contributed by atoms with Gasteiger partial charge in [-0.25, -0.2) is 8.42 Å². The molecule has 2 N–H and O–H groups in total. The summed E-state index contributed by atoms with van der Waals surface area (Å²) in [6.07, 6.45) is 1.47. The van der Waals surface area contributed by atoms with Crippen LogP contribution in [0.2, 0.25) is 0 Å². The molecule has 0 spiro atoms. The minimum atomic E-state index is -4.03. The van der Waals surface area contributed by atoms with E-state index in [1.165, 1.54) is 12.1 Å². The molecule has 0 unspecified atom stereocenters. The molecular formula is C31H31N3O4S. The first kappa shape index (κ1) is 27.6. The summed E-state index contributed by atoms with van der Waals surface area (Å²) in [7, 11) is -4.03. The summed E-state index contributed by atoms with van der Waals surface area (Å²) in [6, 6.07) is 31.5. The minimum Gasteiger partial charge on any atom is -0.352 e. The molecule has 0 heterocycles. The molecule has 7 nitrogen and oxygen atoms in total. The molecule has 0 bridgehead atoms. The van der Waals surface area contributed by atoms with Crippen LogP contribution in [-0.2, 0) is 27.7 Å². The second kappa shape index (κ2) is 12.9. The van der Waals surface area contributed by atoms with Crippen LogP contribution in [0, 0.1) is 0 Å². The fourth-order valence-electron chi connectivity index (χ4n) is 4.10. The average molecular weight is 542 g/mol. The highest BCUT2D eigenvalue weighted by atomic mass is 32.2. The molecular weight excluding hydrogens is 510 g/mol. The van der Waals surface area contributed by atoms with Gasteiger partial charge in [0, 0.05) is 6.54 Å². The number of hydrogen-bond donors (Lipinski definition) is 2. The smallest absolute Gasteiger partial charge is 0.264 e. The topological polar surface area (TPSA) is 95.6 Å². The third-order valence-corrected chi connectivity index (χ3v) is 8.03. The Morgan fingerprint density at radius 2 is 1.36 bits per heavy atom. The number of rotatable bonds is 11. The number of nitrogens with one attached hydrogen (secondary N) is 2. The van der Waals surface area contributed by atoms with Crippen molar-refractivity contribution in [3.8, 4) is 0 Å². The molecule has 0 aromatic heterocycles. The van der Waals surface area contributed by atoms with Crippen LogP contribution in [0.4, 0.5) is 11.4 Å². The quantitative estimate of drug-likeness (QED) is 0.278. The molecule has 0 radical (unpaired) electrons. The zero-order valence-corrected chi connectivity index (χ0v) is 22.5. The largest absolute Gasteiger partial charge is 0.352 e. The van der Waals surface area contributed by atoms with Gasteiger partial charge in [0.05, 0.1) is 21.8 Å². The van der Waals surface area contributed by atoms with Gasteiger partial charge >= 0.3 is 0 Å². The van der Waals surface area contributed by atoms with Crippen LogP contribution in [0.1, 0.15) is 28.4 Å². The maximum Gasteiger partial charge on any atom is 0.264 e. The van der Waals surface area contributed by atoms with Crippen molar-refractivity contribution in [1.82, 2.24) is 5.32 Å². The third-order valence-electron chi connectivity index (χ3n) is 6.24. The van der Waals surface area contributed by atoms with Gasteiger partial charge in [0.2, 0.25) is 5.91 Å². The first-order valence-corrected chi connectivity index (χ1v) is 14.2. The van der Waals surface area contributed by atoms with Gasteiger partial charge in [0.15, 0.2) is 0 Å². The van der Waals surface area contributed by atoms with Crippen LogP contribution in [0.25, 0.3) is 0 Å². The highest BCUT2D eigenvalue weighted by Gasteiger charge is 2.27. The summed E-state index contributed by atoms with van der Waals surface area (Å²) >= 11 is 0. The molecule has 200 valence electrons. The van der Waals surface area contributed by atoms with Gasteiger partial charge in [-0.15, -0.1) is 0 Å². The number of benzene rings is 4. The molecule has 4 aromatic carbocycles. The fraction of sp³-hybridized carbons (Fsp3) is 0.161. The van der Waals surface area contributed by atoms with Crippen LogP contribution in [-0.4, -0.2) is 33.3 Å². The number of anilines is 2. The molecule has 0 saturated carbocycles. The Morgan fingerprint density at radius 3 is 2.03 bits per heavy atom.